The summed E-state index contributed by atoms with van der Waals surface area (Å²) in [5, 5.41) is 1.13. The summed E-state index contributed by atoms with van der Waals surface area (Å²) in [5.41, 5.74) is 2.91. The van der Waals surface area contributed by atoms with Crippen molar-refractivity contribution in [2.45, 2.75) is 47.1 Å². The van der Waals surface area contributed by atoms with Crippen LogP contribution in [0.3, 0.4) is 0 Å². The van der Waals surface area contributed by atoms with E-state index in [1.165, 1.54) is 4.88 Å². The van der Waals surface area contributed by atoms with Gasteiger partial charge in [-0.15, -0.1) is 11.3 Å². The average Bonchev–Trinajstić information content (AvgIpc) is 3.02. The molecule has 1 heterocycles. The molecule has 0 unspecified atom stereocenters. The van der Waals surface area contributed by atoms with Gasteiger partial charge in [-0.2, -0.15) is 0 Å². The van der Waals surface area contributed by atoms with Gasteiger partial charge in [0.1, 0.15) is 0 Å². The summed E-state index contributed by atoms with van der Waals surface area (Å²) in [5.74, 6) is 0.0458. The topological polar surface area (TPSA) is 36.4 Å². The average molecular weight is 360 g/mol. The molecule has 1 atom stereocenters. The zero-order chi connectivity index (χ0) is 18.6. The van der Waals surface area contributed by atoms with E-state index in [-0.39, 0.29) is 11.9 Å². The Morgan fingerprint density at radius 3 is 2.24 bits per heavy atom. The number of hydrogen-bond donors (Lipinski definition) is 0. The fourth-order valence-corrected chi connectivity index (χ4v) is 4.07. The lowest BCUT2D eigenvalue weighted by Crippen LogP contribution is -2.29. The molecule has 0 saturated carbocycles. The zero-order valence-electron chi connectivity index (χ0n) is 16.2. The molecule has 4 nitrogen and oxygen atoms in total. The molecule has 0 aliphatic heterocycles. The zero-order valence-corrected chi connectivity index (χ0v) is 17.0. The van der Waals surface area contributed by atoms with Gasteiger partial charge in [0.25, 0.3) is 5.91 Å². The minimum absolute atomic E-state index is 0.0211. The molecule has 0 aliphatic carbocycles. The van der Waals surface area contributed by atoms with Gasteiger partial charge in [-0.1, -0.05) is 6.92 Å². The monoisotopic (exact) mass is 359 g/mol. The summed E-state index contributed by atoms with van der Waals surface area (Å²) in [6.45, 7) is 12.4. The van der Waals surface area contributed by atoms with Crippen molar-refractivity contribution < 1.29 is 4.79 Å². The first-order valence-corrected chi connectivity index (χ1v) is 9.82. The predicted octanol–water partition coefficient (Wildman–Crippen LogP) is 4.69. The van der Waals surface area contributed by atoms with Gasteiger partial charge < -0.3 is 9.80 Å². The SMILES string of the molecule is CCc1nc(C)c([C@H](C)N(C)C(=O)c2ccc(N(CC)CC)cc2)s1. The molecule has 1 amide bonds. The highest BCUT2D eigenvalue weighted by Gasteiger charge is 2.22. The Bertz CT molecular complexity index is 704. The third-order valence-electron chi connectivity index (χ3n) is 4.70. The molecule has 0 bridgehead atoms. The van der Waals surface area contributed by atoms with E-state index < -0.39 is 0 Å². The minimum Gasteiger partial charge on any atom is -0.372 e. The van der Waals surface area contributed by atoms with Crippen LogP contribution in [-0.4, -0.2) is 35.9 Å². The predicted molar refractivity (Wildman–Crippen MR) is 107 cm³/mol. The van der Waals surface area contributed by atoms with Crippen molar-refractivity contribution in [2.75, 3.05) is 25.0 Å². The van der Waals surface area contributed by atoms with Crippen LogP contribution < -0.4 is 4.90 Å². The second-order valence-corrected chi connectivity index (χ2v) is 7.34. The number of carbonyl (C=O) groups is 1. The van der Waals surface area contributed by atoms with Gasteiger partial charge >= 0.3 is 0 Å². The maximum atomic E-state index is 12.9. The number of aryl methyl sites for hydroxylation is 2. The minimum atomic E-state index is 0.0211. The Balaban J connectivity index is 2.17. The molecule has 0 radical (unpaired) electrons. The molecule has 2 aromatic rings. The molecule has 0 N–H and O–H groups in total. The lowest BCUT2D eigenvalue weighted by molar-refractivity contribution is 0.0744. The normalized spacial score (nSPS) is 12.1. The highest BCUT2D eigenvalue weighted by Crippen LogP contribution is 2.30. The molecule has 1 aromatic carbocycles. The van der Waals surface area contributed by atoms with E-state index in [2.05, 4.69) is 37.6 Å². The van der Waals surface area contributed by atoms with Crippen molar-refractivity contribution in [1.29, 1.82) is 0 Å². The lowest BCUT2D eigenvalue weighted by Gasteiger charge is -2.25. The number of thiazole rings is 1. The largest absolute Gasteiger partial charge is 0.372 e. The summed E-state index contributed by atoms with van der Waals surface area (Å²) in [4.78, 5) is 22.7. The maximum absolute atomic E-state index is 12.9. The third kappa shape index (κ3) is 4.21. The van der Waals surface area contributed by atoms with Crippen LogP contribution in [-0.2, 0) is 6.42 Å². The lowest BCUT2D eigenvalue weighted by atomic mass is 10.1. The molecular formula is C20H29N3OS. The van der Waals surface area contributed by atoms with E-state index in [1.54, 1.807) is 11.3 Å². The highest BCUT2D eigenvalue weighted by molar-refractivity contribution is 7.11. The van der Waals surface area contributed by atoms with Crippen LogP contribution in [0.1, 0.15) is 59.7 Å². The fraction of sp³-hybridized carbons (Fsp3) is 0.500. The number of hydrogen-bond acceptors (Lipinski definition) is 4. The molecule has 0 spiro atoms. The van der Waals surface area contributed by atoms with Crippen molar-refractivity contribution in [3.05, 3.63) is 45.4 Å². The standard InChI is InChI=1S/C20H29N3OS/c1-7-18-21-14(4)19(25-18)15(5)22(6)20(24)16-10-12-17(13-11-16)23(8-2)9-3/h10-13,15H,7-9H2,1-6H3/t15-/m0/s1. The van der Waals surface area contributed by atoms with Crippen molar-refractivity contribution in [3.63, 3.8) is 0 Å². The highest BCUT2D eigenvalue weighted by atomic mass is 32.1. The van der Waals surface area contributed by atoms with E-state index in [0.29, 0.717) is 0 Å². The van der Waals surface area contributed by atoms with Crippen LogP contribution in [0.25, 0.3) is 0 Å². The number of nitrogens with zero attached hydrogens (tertiary/aromatic N) is 3. The Morgan fingerprint density at radius 2 is 1.76 bits per heavy atom. The number of rotatable bonds is 7. The van der Waals surface area contributed by atoms with Crippen LogP contribution in [0.15, 0.2) is 24.3 Å². The summed E-state index contributed by atoms with van der Waals surface area (Å²) in [6, 6.07) is 7.94. The summed E-state index contributed by atoms with van der Waals surface area (Å²) in [6.07, 6.45) is 0.933. The maximum Gasteiger partial charge on any atom is 0.254 e. The Hall–Kier alpha value is -1.88. The summed E-state index contributed by atoms with van der Waals surface area (Å²) < 4.78 is 0. The smallest absolute Gasteiger partial charge is 0.254 e. The first-order chi connectivity index (χ1) is 11.9. The molecule has 0 saturated heterocycles. The molecule has 25 heavy (non-hydrogen) atoms. The van der Waals surface area contributed by atoms with E-state index in [9.17, 15) is 4.79 Å². The van der Waals surface area contributed by atoms with Gasteiger partial charge in [0, 0.05) is 36.3 Å². The summed E-state index contributed by atoms with van der Waals surface area (Å²) in [7, 11) is 1.87. The third-order valence-corrected chi connectivity index (χ3v) is 6.17. The van der Waals surface area contributed by atoms with E-state index in [4.69, 9.17) is 0 Å². The first kappa shape index (κ1) is 19.4. The fourth-order valence-electron chi connectivity index (χ4n) is 2.96. The number of anilines is 1. The van der Waals surface area contributed by atoms with Crippen molar-refractivity contribution in [3.8, 4) is 0 Å². The number of amides is 1. The number of carbonyl (C=O) groups excluding carboxylic acids is 1. The molecule has 136 valence electrons. The van der Waals surface area contributed by atoms with Crippen LogP contribution >= 0.6 is 11.3 Å². The van der Waals surface area contributed by atoms with Gasteiger partial charge in [0.2, 0.25) is 0 Å². The van der Waals surface area contributed by atoms with Crippen molar-refractivity contribution >= 4 is 22.9 Å². The van der Waals surface area contributed by atoms with Gasteiger partial charge in [0.15, 0.2) is 0 Å². The molecule has 2 rings (SSSR count). The molecule has 0 aliphatic rings. The number of aromatic nitrogens is 1. The Labute approximate surface area is 155 Å². The Morgan fingerprint density at radius 1 is 1.16 bits per heavy atom. The van der Waals surface area contributed by atoms with Crippen LogP contribution in [0.5, 0.6) is 0 Å². The molecule has 0 fully saturated rings. The number of benzene rings is 1. The van der Waals surface area contributed by atoms with E-state index in [0.717, 1.165) is 41.5 Å². The molecular weight excluding hydrogens is 330 g/mol. The van der Waals surface area contributed by atoms with Crippen LogP contribution in [0, 0.1) is 6.92 Å². The second kappa shape index (κ2) is 8.48. The van der Waals surface area contributed by atoms with Gasteiger partial charge in [0.05, 0.1) is 16.7 Å². The Kier molecular flexibility index (Phi) is 6.59. The second-order valence-electron chi connectivity index (χ2n) is 6.22. The summed E-state index contributed by atoms with van der Waals surface area (Å²) >= 11 is 1.71. The van der Waals surface area contributed by atoms with Crippen molar-refractivity contribution in [1.82, 2.24) is 9.88 Å². The van der Waals surface area contributed by atoms with Crippen LogP contribution in [0.2, 0.25) is 0 Å². The molecule has 1 aromatic heterocycles. The van der Waals surface area contributed by atoms with Gasteiger partial charge in [-0.25, -0.2) is 4.98 Å². The molecule has 5 heteroatoms. The van der Waals surface area contributed by atoms with Crippen molar-refractivity contribution in [2.24, 2.45) is 0 Å². The van der Waals surface area contributed by atoms with E-state index in [1.807, 2.05) is 43.1 Å². The van der Waals surface area contributed by atoms with Gasteiger partial charge in [-0.05, 0) is 58.4 Å². The first-order valence-electron chi connectivity index (χ1n) is 9.01. The van der Waals surface area contributed by atoms with Gasteiger partial charge in [-0.3, -0.25) is 4.79 Å². The van der Waals surface area contributed by atoms with Crippen LogP contribution in [0.4, 0.5) is 5.69 Å². The quantitative estimate of drug-likeness (QED) is 0.719. The van der Waals surface area contributed by atoms with E-state index >= 15 is 0 Å².